The standard InChI is InChI=1S/C40H42N2O3/c1-5-45-40(23-11-12-24-42(2)3,34-21-19-29-14-9-10-17-31(29)27-34)38(30-15-7-6-8-16-30)35-28-33-26-32(37-18-13-25-44-37)20-22-36(33)41-39(35)43-4/h6-10,13-22,25-28,38H,5,11-12,23-24H2,1-4H3. The summed E-state index contributed by atoms with van der Waals surface area (Å²) in [5.74, 6) is 1.24. The fourth-order valence-electron chi connectivity index (χ4n) is 6.71. The Balaban J connectivity index is 1.61. The van der Waals surface area contributed by atoms with Gasteiger partial charge in [-0.15, -0.1) is 0 Å². The molecule has 0 aliphatic heterocycles. The number of furan rings is 1. The fraction of sp³-hybridized carbons (Fsp3) is 0.275. The highest BCUT2D eigenvalue weighted by Gasteiger charge is 2.44. The molecular weight excluding hydrogens is 556 g/mol. The van der Waals surface area contributed by atoms with Gasteiger partial charge in [0.25, 0.3) is 0 Å². The average molecular weight is 599 g/mol. The lowest BCUT2D eigenvalue weighted by atomic mass is 9.70. The number of pyridine rings is 1. The Labute approximate surface area is 266 Å². The van der Waals surface area contributed by atoms with Crippen molar-refractivity contribution in [1.29, 1.82) is 0 Å². The van der Waals surface area contributed by atoms with E-state index in [4.69, 9.17) is 18.9 Å². The van der Waals surface area contributed by atoms with Crippen molar-refractivity contribution >= 4 is 21.7 Å². The quantitative estimate of drug-likeness (QED) is 0.124. The molecule has 0 N–H and O–H groups in total. The molecular formula is C40H42N2O3. The Morgan fingerprint density at radius 3 is 2.33 bits per heavy atom. The Kier molecular flexibility index (Phi) is 9.29. The summed E-state index contributed by atoms with van der Waals surface area (Å²) in [6.45, 7) is 3.69. The molecule has 5 heteroatoms. The molecule has 0 aliphatic rings. The van der Waals surface area contributed by atoms with Crippen LogP contribution in [0.15, 0.2) is 120 Å². The van der Waals surface area contributed by atoms with Crippen LogP contribution in [0, 0.1) is 0 Å². The molecule has 0 saturated carbocycles. The van der Waals surface area contributed by atoms with Crippen LogP contribution in [-0.4, -0.2) is 44.2 Å². The van der Waals surface area contributed by atoms with E-state index in [2.05, 4.69) is 111 Å². The summed E-state index contributed by atoms with van der Waals surface area (Å²) in [6.07, 6.45) is 4.61. The zero-order valence-electron chi connectivity index (χ0n) is 26.7. The predicted octanol–water partition coefficient (Wildman–Crippen LogP) is 9.45. The van der Waals surface area contributed by atoms with E-state index < -0.39 is 5.60 Å². The third-order valence-electron chi connectivity index (χ3n) is 8.76. The monoisotopic (exact) mass is 598 g/mol. The van der Waals surface area contributed by atoms with Crippen molar-refractivity contribution in [2.75, 3.05) is 34.4 Å². The Morgan fingerprint density at radius 2 is 1.60 bits per heavy atom. The van der Waals surface area contributed by atoms with Gasteiger partial charge in [0.1, 0.15) is 11.4 Å². The summed E-state index contributed by atoms with van der Waals surface area (Å²) in [7, 11) is 5.98. The molecule has 0 spiro atoms. The van der Waals surface area contributed by atoms with Crippen molar-refractivity contribution in [2.45, 2.75) is 37.7 Å². The summed E-state index contributed by atoms with van der Waals surface area (Å²) in [4.78, 5) is 7.33. The number of rotatable bonds is 13. The second-order valence-corrected chi connectivity index (χ2v) is 12.0. The number of methoxy groups -OCH3 is 1. The van der Waals surface area contributed by atoms with Crippen LogP contribution < -0.4 is 4.74 Å². The number of hydrogen-bond donors (Lipinski definition) is 0. The minimum atomic E-state index is -0.687. The first-order valence-electron chi connectivity index (χ1n) is 15.9. The number of benzene rings is 4. The lowest BCUT2D eigenvalue weighted by molar-refractivity contribution is -0.0657. The molecule has 0 fully saturated rings. The number of fused-ring (bicyclic) bond motifs is 2. The minimum Gasteiger partial charge on any atom is -0.481 e. The third-order valence-corrected chi connectivity index (χ3v) is 8.76. The van der Waals surface area contributed by atoms with Gasteiger partial charge >= 0.3 is 0 Å². The number of nitrogens with zero attached hydrogens (tertiary/aromatic N) is 2. The summed E-state index contributed by atoms with van der Waals surface area (Å²) >= 11 is 0. The van der Waals surface area contributed by atoms with E-state index in [1.54, 1.807) is 13.4 Å². The predicted molar refractivity (Wildman–Crippen MR) is 184 cm³/mol. The second-order valence-electron chi connectivity index (χ2n) is 12.0. The number of hydrogen-bond acceptors (Lipinski definition) is 5. The van der Waals surface area contributed by atoms with Crippen molar-refractivity contribution in [1.82, 2.24) is 9.88 Å². The molecule has 5 nitrogen and oxygen atoms in total. The highest BCUT2D eigenvalue weighted by molar-refractivity contribution is 5.86. The van der Waals surface area contributed by atoms with Crippen LogP contribution in [0.2, 0.25) is 0 Å². The summed E-state index contributed by atoms with van der Waals surface area (Å²) in [5.41, 5.74) is 4.52. The largest absolute Gasteiger partial charge is 0.481 e. The fourth-order valence-corrected chi connectivity index (χ4v) is 6.71. The van der Waals surface area contributed by atoms with Crippen LogP contribution in [0.1, 0.15) is 48.8 Å². The van der Waals surface area contributed by atoms with Crippen LogP contribution in [0.3, 0.4) is 0 Å². The lowest BCUT2D eigenvalue weighted by Crippen LogP contribution is -2.38. The van der Waals surface area contributed by atoms with Gasteiger partial charge in [0.15, 0.2) is 0 Å². The van der Waals surface area contributed by atoms with Gasteiger partial charge in [-0.3, -0.25) is 0 Å². The first-order chi connectivity index (χ1) is 22.0. The molecule has 0 radical (unpaired) electrons. The Morgan fingerprint density at radius 1 is 0.800 bits per heavy atom. The van der Waals surface area contributed by atoms with Crippen LogP contribution in [0.5, 0.6) is 5.88 Å². The van der Waals surface area contributed by atoms with Gasteiger partial charge in [-0.25, -0.2) is 4.98 Å². The molecule has 6 aromatic rings. The van der Waals surface area contributed by atoms with Crippen molar-refractivity contribution < 1.29 is 13.9 Å². The van der Waals surface area contributed by atoms with E-state index >= 15 is 0 Å². The van der Waals surface area contributed by atoms with Crippen molar-refractivity contribution in [3.8, 4) is 17.2 Å². The highest BCUT2D eigenvalue weighted by Crippen LogP contribution is 2.51. The van der Waals surface area contributed by atoms with E-state index in [1.165, 1.54) is 10.8 Å². The first kappa shape index (κ1) is 30.6. The SMILES string of the molecule is CCOC(CCCCN(C)C)(c1ccc2ccccc2c1)C(c1ccccc1)c1cc2cc(-c3ccco3)ccc2nc1OC. The van der Waals surface area contributed by atoms with Crippen LogP contribution in [-0.2, 0) is 10.3 Å². The molecule has 6 rings (SSSR count). The minimum absolute atomic E-state index is 0.196. The molecule has 2 aromatic heterocycles. The Hall–Kier alpha value is -4.45. The maximum atomic E-state index is 7.12. The van der Waals surface area contributed by atoms with E-state index in [0.717, 1.165) is 64.7 Å². The smallest absolute Gasteiger partial charge is 0.217 e. The van der Waals surface area contributed by atoms with Crippen LogP contribution in [0.25, 0.3) is 33.0 Å². The second kappa shape index (κ2) is 13.7. The normalized spacial score (nSPS) is 13.7. The highest BCUT2D eigenvalue weighted by atomic mass is 16.5. The molecule has 0 amide bonds. The third kappa shape index (κ3) is 6.37. The van der Waals surface area contributed by atoms with Gasteiger partial charge in [-0.1, -0.05) is 66.7 Å². The summed E-state index contributed by atoms with van der Waals surface area (Å²) < 4.78 is 19.0. The first-order valence-corrected chi connectivity index (χ1v) is 15.9. The summed E-state index contributed by atoms with van der Waals surface area (Å²) in [6, 6.07) is 38.5. The molecule has 0 aliphatic carbocycles. The van der Waals surface area contributed by atoms with Crippen LogP contribution in [0.4, 0.5) is 0 Å². The molecule has 4 aromatic carbocycles. The lowest BCUT2D eigenvalue weighted by Gasteiger charge is -2.42. The number of unbranched alkanes of at least 4 members (excludes halogenated alkanes) is 1. The van der Waals surface area contributed by atoms with E-state index in [-0.39, 0.29) is 5.92 Å². The maximum Gasteiger partial charge on any atom is 0.217 e. The zero-order valence-corrected chi connectivity index (χ0v) is 26.7. The van der Waals surface area contributed by atoms with Crippen molar-refractivity contribution in [3.63, 3.8) is 0 Å². The van der Waals surface area contributed by atoms with Gasteiger partial charge in [0, 0.05) is 29.0 Å². The van der Waals surface area contributed by atoms with Gasteiger partial charge in [0.05, 0.1) is 18.9 Å². The molecule has 230 valence electrons. The van der Waals surface area contributed by atoms with E-state index in [1.807, 2.05) is 24.3 Å². The molecule has 2 unspecified atom stereocenters. The van der Waals surface area contributed by atoms with Crippen molar-refractivity contribution in [3.05, 3.63) is 132 Å². The molecule has 2 atom stereocenters. The topological polar surface area (TPSA) is 47.7 Å². The molecule has 2 heterocycles. The van der Waals surface area contributed by atoms with E-state index in [9.17, 15) is 0 Å². The molecule has 0 bridgehead atoms. The van der Waals surface area contributed by atoms with Gasteiger partial charge in [0.2, 0.25) is 5.88 Å². The van der Waals surface area contributed by atoms with Gasteiger partial charge in [-0.05, 0) is 111 Å². The van der Waals surface area contributed by atoms with Gasteiger partial charge < -0.3 is 18.8 Å². The number of aromatic nitrogens is 1. The maximum absolute atomic E-state index is 7.12. The molecule has 0 saturated heterocycles. The summed E-state index contributed by atoms with van der Waals surface area (Å²) in [5, 5.41) is 3.44. The van der Waals surface area contributed by atoms with E-state index in [0.29, 0.717) is 12.5 Å². The van der Waals surface area contributed by atoms with Gasteiger partial charge in [-0.2, -0.15) is 0 Å². The average Bonchev–Trinajstić information content (AvgIpc) is 3.62. The van der Waals surface area contributed by atoms with Crippen molar-refractivity contribution in [2.24, 2.45) is 0 Å². The molecule has 45 heavy (non-hydrogen) atoms. The van der Waals surface area contributed by atoms with Crippen LogP contribution >= 0.6 is 0 Å². The Bertz CT molecular complexity index is 1850. The zero-order chi connectivity index (χ0) is 31.2. The number of ether oxygens (including phenoxy) is 2.